The maximum atomic E-state index is 11.0. The van der Waals surface area contributed by atoms with E-state index in [1.807, 2.05) is 6.92 Å². The van der Waals surface area contributed by atoms with Crippen LogP contribution in [-0.4, -0.2) is 42.0 Å². The number of rotatable bonds is 3. The van der Waals surface area contributed by atoms with E-state index in [0.717, 1.165) is 6.42 Å². The van der Waals surface area contributed by atoms with Crippen LogP contribution in [0.1, 0.15) is 32.6 Å². The van der Waals surface area contributed by atoms with Crippen LogP contribution in [-0.2, 0) is 4.79 Å². The summed E-state index contributed by atoms with van der Waals surface area (Å²) >= 11 is 0. The van der Waals surface area contributed by atoms with E-state index in [2.05, 4.69) is 10.2 Å². The van der Waals surface area contributed by atoms with Gasteiger partial charge in [0.2, 0.25) is 5.91 Å². The molecule has 2 aliphatic heterocycles. The maximum absolute atomic E-state index is 11.0. The van der Waals surface area contributed by atoms with Gasteiger partial charge in [-0.3, -0.25) is 9.69 Å². The molecule has 0 bridgehead atoms. The number of fused-ring (bicyclic) bond motifs is 1. The third-order valence-corrected chi connectivity index (χ3v) is 3.75. The summed E-state index contributed by atoms with van der Waals surface area (Å²) in [7, 11) is 0. The topological polar surface area (TPSA) is 58.4 Å². The van der Waals surface area contributed by atoms with Crippen LogP contribution in [0.2, 0.25) is 0 Å². The van der Waals surface area contributed by atoms with E-state index in [4.69, 9.17) is 5.73 Å². The average molecular weight is 211 g/mol. The molecule has 1 amide bonds. The van der Waals surface area contributed by atoms with E-state index in [-0.39, 0.29) is 11.9 Å². The second-order valence-electron chi connectivity index (χ2n) is 4.78. The molecule has 2 heterocycles. The van der Waals surface area contributed by atoms with Crippen LogP contribution in [0.4, 0.5) is 0 Å². The first-order valence-electron chi connectivity index (χ1n) is 5.98. The van der Waals surface area contributed by atoms with Gasteiger partial charge in [0.25, 0.3) is 0 Å². The van der Waals surface area contributed by atoms with Crippen molar-refractivity contribution in [2.24, 2.45) is 5.73 Å². The van der Waals surface area contributed by atoms with Crippen molar-refractivity contribution >= 4 is 5.91 Å². The van der Waals surface area contributed by atoms with Crippen molar-refractivity contribution in [1.82, 2.24) is 10.2 Å². The maximum Gasteiger partial charge on any atom is 0.234 e. The van der Waals surface area contributed by atoms with Crippen molar-refractivity contribution in [1.29, 1.82) is 0 Å². The Morgan fingerprint density at radius 1 is 1.40 bits per heavy atom. The first kappa shape index (κ1) is 10.9. The summed E-state index contributed by atoms with van der Waals surface area (Å²) in [6.07, 6.45) is 5.07. The van der Waals surface area contributed by atoms with Crippen LogP contribution in [0.15, 0.2) is 0 Å². The zero-order valence-corrected chi connectivity index (χ0v) is 9.41. The van der Waals surface area contributed by atoms with Gasteiger partial charge in [0.05, 0.1) is 6.04 Å². The van der Waals surface area contributed by atoms with Crippen molar-refractivity contribution in [3.05, 3.63) is 0 Å². The van der Waals surface area contributed by atoms with Crippen LogP contribution in [0.5, 0.6) is 0 Å². The fraction of sp³-hybridized carbons (Fsp3) is 0.909. The number of hydrogen-bond donors (Lipinski definition) is 2. The quantitative estimate of drug-likeness (QED) is 0.695. The van der Waals surface area contributed by atoms with Gasteiger partial charge in [0, 0.05) is 18.6 Å². The molecule has 3 unspecified atom stereocenters. The standard InChI is InChI=1S/C11H21N3O/c1-8(11(12)15)13-9-5-7-14-6-3-2-4-10(9)14/h8-10,13H,2-7H2,1H3,(H2,12,15). The molecule has 2 rings (SSSR count). The van der Waals surface area contributed by atoms with E-state index in [0.29, 0.717) is 12.1 Å². The Labute approximate surface area is 91.2 Å². The number of carbonyl (C=O) groups is 1. The fourth-order valence-electron chi connectivity index (χ4n) is 2.85. The van der Waals surface area contributed by atoms with Gasteiger partial charge in [-0.1, -0.05) is 6.42 Å². The minimum Gasteiger partial charge on any atom is -0.368 e. The van der Waals surface area contributed by atoms with E-state index >= 15 is 0 Å². The minimum absolute atomic E-state index is 0.197. The number of amides is 1. The molecular formula is C11H21N3O. The van der Waals surface area contributed by atoms with Gasteiger partial charge in [0.15, 0.2) is 0 Å². The summed E-state index contributed by atoms with van der Waals surface area (Å²) in [5, 5.41) is 3.36. The molecule has 0 saturated carbocycles. The van der Waals surface area contributed by atoms with E-state index in [1.54, 1.807) is 0 Å². The first-order chi connectivity index (χ1) is 7.18. The normalized spacial score (nSPS) is 33.7. The summed E-state index contributed by atoms with van der Waals surface area (Å²) in [6.45, 7) is 4.26. The second-order valence-corrected chi connectivity index (χ2v) is 4.78. The number of nitrogens with one attached hydrogen (secondary N) is 1. The highest BCUT2D eigenvalue weighted by molar-refractivity contribution is 5.79. The van der Waals surface area contributed by atoms with Gasteiger partial charge in [-0.2, -0.15) is 0 Å². The predicted molar refractivity (Wildman–Crippen MR) is 59.4 cm³/mol. The third-order valence-electron chi connectivity index (χ3n) is 3.75. The largest absolute Gasteiger partial charge is 0.368 e. The molecule has 3 atom stereocenters. The summed E-state index contributed by atoms with van der Waals surface area (Å²) in [4.78, 5) is 13.5. The highest BCUT2D eigenvalue weighted by Crippen LogP contribution is 2.27. The summed E-state index contributed by atoms with van der Waals surface area (Å²) < 4.78 is 0. The highest BCUT2D eigenvalue weighted by atomic mass is 16.1. The monoisotopic (exact) mass is 211 g/mol. The molecule has 4 heteroatoms. The van der Waals surface area contributed by atoms with Gasteiger partial charge < -0.3 is 11.1 Å². The van der Waals surface area contributed by atoms with Crippen LogP contribution in [0.25, 0.3) is 0 Å². The lowest BCUT2D eigenvalue weighted by atomic mass is 9.98. The number of nitrogens with zero attached hydrogens (tertiary/aromatic N) is 1. The smallest absolute Gasteiger partial charge is 0.234 e. The van der Waals surface area contributed by atoms with Crippen LogP contribution in [0, 0.1) is 0 Å². The number of hydrogen-bond acceptors (Lipinski definition) is 3. The molecule has 2 saturated heterocycles. The molecule has 15 heavy (non-hydrogen) atoms. The number of primary amides is 1. The lowest BCUT2D eigenvalue weighted by molar-refractivity contribution is -0.119. The first-order valence-corrected chi connectivity index (χ1v) is 5.98. The van der Waals surface area contributed by atoms with E-state index < -0.39 is 0 Å². The zero-order valence-electron chi connectivity index (χ0n) is 9.41. The highest BCUT2D eigenvalue weighted by Gasteiger charge is 2.36. The van der Waals surface area contributed by atoms with Crippen LogP contribution >= 0.6 is 0 Å². The number of piperidine rings is 1. The Balaban J connectivity index is 1.90. The van der Waals surface area contributed by atoms with Crippen molar-refractivity contribution in [3.8, 4) is 0 Å². The molecule has 0 spiro atoms. The summed E-state index contributed by atoms with van der Waals surface area (Å²) in [6, 6.07) is 0.908. The Morgan fingerprint density at radius 2 is 2.20 bits per heavy atom. The summed E-state index contributed by atoms with van der Waals surface area (Å²) in [5.74, 6) is -0.246. The lowest BCUT2D eigenvalue weighted by Gasteiger charge is -2.33. The summed E-state index contributed by atoms with van der Waals surface area (Å²) in [5.41, 5.74) is 5.27. The Morgan fingerprint density at radius 3 is 2.93 bits per heavy atom. The van der Waals surface area contributed by atoms with Crippen molar-refractivity contribution in [3.63, 3.8) is 0 Å². The Kier molecular flexibility index (Phi) is 3.26. The third kappa shape index (κ3) is 2.32. The Hall–Kier alpha value is -0.610. The molecule has 0 aromatic rings. The van der Waals surface area contributed by atoms with Gasteiger partial charge in [0.1, 0.15) is 0 Å². The van der Waals surface area contributed by atoms with E-state index in [9.17, 15) is 4.79 Å². The average Bonchev–Trinajstić information content (AvgIpc) is 2.62. The molecule has 4 nitrogen and oxygen atoms in total. The van der Waals surface area contributed by atoms with Crippen LogP contribution in [0.3, 0.4) is 0 Å². The van der Waals surface area contributed by atoms with E-state index in [1.165, 1.54) is 32.4 Å². The van der Waals surface area contributed by atoms with Crippen molar-refractivity contribution in [2.45, 2.75) is 50.7 Å². The number of nitrogens with two attached hydrogens (primary N) is 1. The van der Waals surface area contributed by atoms with Gasteiger partial charge in [-0.25, -0.2) is 0 Å². The molecule has 3 N–H and O–H groups in total. The molecule has 0 aliphatic carbocycles. The molecule has 2 aliphatic rings. The molecule has 2 fully saturated rings. The van der Waals surface area contributed by atoms with Gasteiger partial charge in [-0.15, -0.1) is 0 Å². The second kappa shape index (κ2) is 4.49. The predicted octanol–water partition coefficient (Wildman–Crippen LogP) is 0.0766. The molecule has 0 aromatic carbocycles. The lowest BCUT2D eigenvalue weighted by Crippen LogP contribution is -2.50. The van der Waals surface area contributed by atoms with Crippen molar-refractivity contribution < 1.29 is 4.79 Å². The van der Waals surface area contributed by atoms with Crippen LogP contribution < -0.4 is 11.1 Å². The van der Waals surface area contributed by atoms with Gasteiger partial charge >= 0.3 is 0 Å². The Bertz CT molecular complexity index is 244. The minimum atomic E-state index is -0.246. The molecule has 86 valence electrons. The van der Waals surface area contributed by atoms with Crippen molar-refractivity contribution in [2.75, 3.05) is 13.1 Å². The molecule has 0 aromatic heterocycles. The zero-order chi connectivity index (χ0) is 10.8. The molecular weight excluding hydrogens is 190 g/mol. The van der Waals surface area contributed by atoms with Gasteiger partial charge in [-0.05, 0) is 32.7 Å². The fourth-order valence-corrected chi connectivity index (χ4v) is 2.85. The molecule has 0 radical (unpaired) electrons. The number of carbonyl (C=O) groups excluding carboxylic acids is 1. The SMILES string of the molecule is CC(NC1CCN2CCCCC12)C(N)=O.